The highest BCUT2D eigenvalue weighted by atomic mass is 32.1. The van der Waals surface area contributed by atoms with E-state index in [0.717, 1.165) is 118 Å². The number of thiazole rings is 1. The highest BCUT2D eigenvalue weighted by molar-refractivity contribution is 7.22. The molecule has 0 spiro atoms. The molecule has 3 aliphatic heterocycles. The summed E-state index contributed by atoms with van der Waals surface area (Å²) >= 11 is 1.74. The smallest absolute Gasteiger partial charge is 0.323 e. The van der Waals surface area contributed by atoms with Gasteiger partial charge < -0.3 is 39.7 Å². The Balaban J connectivity index is 1.05. The van der Waals surface area contributed by atoms with Crippen molar-refractivity contribution in [2.45, 2.75) is 0 Å². The number of hydrogen-bond donors (Lipinski definition) is 2. The predicted octanol–water partition coefficient (Wildman–Crippen LogP) is 5.03. The van der Waals surface area contributed by atoms with Crippen molar-refractivity contribution in [3.8, 4) is 11.1 Å². The van der Waals surface area contributed by atoms with Gasteiger partial charge in [-0.15, -0.1) is 0 Å². The largest absolute Gasteiger partial charge is 0.378 e. The molecular weight excluding hydrogens is 574 g/mol. The van der Waals surface area contributed by atoms with Crippen LogP contribution in [0.1, 0.15) is 0 Å². The molecule has 0 bridgehead atoms. The number of fused-ring (bicyclic) bond motifs is 1. The van der Waals surface area contributed by atoms with Gasteiger partial charge in [-0.3, -0.25) is 0 Å². The monoisotopic (exact) mass is 613 g/mol. The molecule has 4 heterocycles. The molecule has 0 aliphatic carbocycles. The lowest BCUT2D eigenvalue weighted by Crippen LogP contribution is -2.44. The summed E-state index contributed by atoms with van der Waals surface area (Å²) in [4.78, 5) is 27.3. The van der Waals surface area contributed by atoms with Crippen molar-refractivity contribution < 1.29 is 14.3 Å². The van der Waals surface area contributed by atoms with Gasteiger partial charge in [0.05, 0.1) is 36.8 Å². The summed E-state index contributed by atoms with van der Waals surface area (Å²) in [5.41, 5.74) is 7.11. The maximum atomic E-state index is 12.8. The number of nitrogens with one attached hydrogen (secondary N) is 2. The molecule has 3 aliphatic rings. The minimum atomic E-state index is -0.263. The van der Waals surface area contributed by atoms with Crippen molar-refractivity contribution in [3.05, 3.63) is 60.7 Å². The van der Waals surface area contributed by atoms with Crippen LogP contribution in [0.3, 0.4) is 0 Å². The standard InChI is InChI=1S/C33H39N7O3S/c1-37-10-12-38(13-11-37)28-8-6-27(7-9-28)35-32(41)34-26-4-2-24(3-5-26)25-22-29(39-14-18-42-19-15-39)31-30(23-25)44-33(36-31)40-16-20-43-21-17-40/h2-9,22-23H,10-21H2,1H3,(H2,34,35,41). The Labute approximate surface area is 262 Å². The Morgan fingerprint density at radius 2 is 1.30 bits per heavy atom. The number of carbonyl (C=O) groups excluding carboxylic acids is 1. The van der Waals surface area contributed by atoms with Crippen LogP contribution >= 0.6 is 11.3 Å². The van der Waals surface area contributed by atoms with Crippen LogP contribution in [0.2, 0.25) is 0 Å². The Hall–Kier alpha value is -3.90. The average molecular weight is 614 g/mol. The van der Waals surface area contributed by atoms with Gasteiger partial charge in [-0.1, -0.05) is 23.5 Å². The second-order valence-corrected chi connectivity index (χ2v) is 12.5. The normalized spacial score (nSPS) is 18.1. The molecule has 0 atom stereocenters. The van der Waals surface area contributed by atoms with Crippen LogP contribution in [0.4, 0.5) is 32.7 Å². The molecular formula is C33H39N7O3S. The van der Waals surface area contributed by atoms with Gasteiger partial charge in [-0.05, 0) is 66.7 Å². The summed E-state index contributed by atoms with van der Waals surface area (Å²) < 4.78 is 12.4. The fourth-order valence-electron chi connectivity index (χ4n) is 5.96. The highest BCUT2D eigenvalue weighted by Gasteiger charge is 2.22. The summed E-state index contributed by atoms with van der Waals surface area (Å²) in [6, 6.07) is 20.3. The highest BCUT2D eigenvalue weighted by Crippen LogP contribution is 2.39. The number of anilines is 5. The summed E-state index contributed by atoms with van der Waals surface area (Å²) in [5.74, 6) is 0. The van der Waals surface area contributed by atoms with Gasteiger partial charge in [0.1, 0.15) is 5.52 Å². The topological polar surface area (TPSA) is 85.4 Å². The van der Waals surface area contributed by atoms with Crippen LogP contribution in [0.15, 0.2) is 60.7 Å². The summed E-state index contributed by atoms with van der Waals surface area (Å²) in [6.45, 7) is 10.5. The summed E-state index contributed by atoms with van der Waals surface area (Å²) in [7, 11) is 2.16. The zero-order valence-corrected chi connectivity index (χ0v) is 25.9. The van der Waals surface area contributed by atoms with Crippen LogP contribution < -0.4 is 25.3 Å². The number of hydrogen-bond acceptors (Lipinski definition) is 9. The van der Waals surface area contributed by atoms with E-state index in [-0.39, 0.29) is 6.03 Å². The molecule has 0 saturated carbocycles. The number of rotatable bonds is 6. The first-order valence-electron chi connectivity index (χ1n) is 15.4. The van der Waals surface area contributed by atoms with E-state index in [0.29, 0.717) is 0 Å². The van der Waals surface area contributed by atoms with E-state index in [1.54, 1.807) is 11.3 Å². The number of piperazine rings is 1. The first-order valence-corrected chi connectivity index (χ1v) is 16.2. The second kappa shape index (κ2) is 13.0. The third-order valence-electron chi connectivity index (χ3n) is 8.57. The van der Waals surface area contributed by atoms with Gasteiger partial charge in [0.15, 0.2) is 5.13 Å². The van der Waals surface area contributed by atoms with Crippen LogP contribution in [0.25, 0.3) is 21.3 Å². The Bertz CT molecular complexity index is 1570. The van der Waals surface area contributed by atoms with E-state index >= 15 is 0 Å². The van der Waals surface area contributed by atoms with Crippen LogP contribution in [0, 0.1) is 0 Å². The lowest BCUT2D eigenvalue weighted by atomic mass is 10.0. The van der Waals surface area contributed by atoms with Crippen LogP contribution in [0.5, 0.6) is 0 Å². The number of urea groups is 1. The molecule has 1 aromatic heterocycles. The number of likely N-dealkylation sites (N-methyl/N-ethyl adjacent to an activating group) is 1. The maximum absolute atomic E-state index is 12.8. The van der Waals surface area contributed by atoms with Gasteiger partial charge in [0.2, 0.25) is 0 Å². The molecule has 3 aromatic carbocycles. The quantitative estimate of drug-likeness (QED) is 0.313. The van der Waals surface area contributed by atoms with Crippen molar-refractivity contribution in [2.24, 2.45) is 0 Å². The predicted molar refractivity (Wildman–Crippen MR) is 180 cm³/mol. The molecule has 0 unspecified atom stereocenters. The molecule has 2 N–H and O–H groups in total. The van der Waals surface area contributed by atoms with Crippen molar-refractivity contribution >= 4 is 55.5 Å². The van der Waals surface area contributed by atoms with E-state index in [9.17, 15) is 4.79 Å². The lowest BCUT2D eigenvalue weighted by molar-refractivity contribution is 0.122. The van der Waals surface area contributed by atoms with Crippen LogP contribution in [-0.4, -0.2) is 102 Å². The number of aromatic nitrogens is 1. The molecule has 2 amide bonds. The number of nitrogens with zero attached hydrogens (tertiary/aromatic N) is 5. The number of ether oxygens (including phenoxy) is 2. The van der Waals surface area contributed by atoms with Crippen molar-refractivity contribution in [3.63, 3.8) is 0 Å². The van der Waals surface area contributed by atoms with Crippen molar-refractivity contribution in [1.82, 2.24) is 9.88 Å². The van der Waals surface area contributed by atoms with E-state index < -0.39 is 0 Å². The maximum Gasteiger partial charge on any atom is 0.323 e. The van der Waals surface area contributed by atoms with E-state index in [4.69, 9.17) is 14.5 Å². The zero-order chi connectivity index (χ0) is 29.9. The Morgan fingerprint density at radius 3 is 1.93 bits per heavy atom. The molecule has 3 saturated heterocycles. The minimum absolute atomic E-state index is 0.263. The average Bonchev–Trinajstić information content (AvgIpc) is 3.51. The Morgan fingerprint density at radius 1 is 0.705 bits per heavy atom. The first kappa shape index (κ1) is 28.8. The van der Waals surface area contributed by atoms with E-state index in [1.165, 1.54) is 10.4 Å². The molecule has 11 heteroatoms. The summed E-state index contributed by atoms with van der Waals surface area (Å²) in [6.07, 6.45) is 0. The second-order valence-electron chi connectivity index (χ2n) is 11.5. The minimum Gasteiger partial charge on any atom is -0.378 e. The fourth-order valence-corrected chi connectivity index (χ4v) is 7.04. The van der Waals surface area contributed by atoms with Crippen LogP contribution in [-0.2, 0) is 9.47 Å². The lowest BCUT2D eigenvalue weighted by Gasteiger charge is -2.34. The fraction of sp³-hybridized carbons (Fsp3) is 0.394. The molecule has 230 valence electrons. The van der Waals surface area contributed by atoms with E-state index in [2.05, 4.69) is 73.7 Å². The zero-order valence-electron chi connectivity index (χ0n) is 25.1. The third kappa shape index (κ3) is 6.46. The van der Waals surface area contributed by atoms with Crippen molar-refractivity contribution in [1.29, 1.82) is 0 Å². The molecule has 4 aromatic rings. The SMILES string of the molecule is CN1CCN(c2ccc(NC(=O)Nc3ccc(-c4cc(N5CCOCC5)c5nc(N6CCOCC6)sc5c4)cc3)cc2)CC1. The molecule has 10 nitrogen and oxygen atoms in total. The van der Waals surface area contributed by atoms with Gasteiger partial charge in [0, 0.05) is 69.4 Å². The van der Waals surface area contributed by atoms with Crippen molar-refractivity contribution in [2.75, 3.05) is 111 Å². The molecule has 44 heavy (non-hydrogen) atoms. The number of morpholine rings is 2. The molecule has 3 fully saturated rings. The molecule has 7 rings (SSSR count). The van der Waals surface area contributed by atoms with Gasteiger partial charge in [-0.25, -0.2) is 9.78 Å². The van der Waals surface area contributed by atoms with Gasteiger partial charge >= 0.3 is 6.03 Å². The number of benzene rings is 3. The number of carbonyl (C=O) groups is 1. The third-order valence-corrected chi connectivity index (χ3v) is 9.63. The van der Waals surface area contributed by atoms with Gasteiger partial charge in [0.25, 0.3) is 0 Å². The van der Waals surface area contributed by atoms with E-state index in [1.807, 2.05) is 24.3 Å². The first-order chi connectivity index (χ1) is 21.6. The summed E-state index contributed by atoms with van der Waals surface area (Å²) in [5, 5.41) is 6.98. The van der Waals surface area contributed by atoms with Gasteiger partial charge in [-0.2, -0.15) is 0 Å². The molecule has 0 radical (unpaired) electrons. The Kier molecular flexibility index (Phi) is 8.52. The number of amides is 2.